The molecule has 0 aromatic heterocycles. The Hall–Kier alpha value is -0.0600. The molecule has 0 saturated carbocycles. The van der Waals surface area contributed by atoms with Gasteiger partial charge in [-0.05, 0) is 54.7 Å². The van der Waals surface area contributed by atoms with Crippen molar-refractivity contribution in [1.82, 2.24) is 0 Å². The van der Waals surface area contributed by atoms with Crippen LogP contribution >= 0.6 is 22.6 Å². The summed E-state index contributed by atoms with van der Waals surface area (Å²) in [4.78, 5) is 11.1. The molecular weight excluding hydrogens is 387 g/mol. The highest BCUT2D eigenvalue weighted by Gasteiger charge is 2.00. The predicted octanol–water partition coefficient (Wildman–Crippen LogP) is 6.96. The molecule has 0 rings (SSSR count). The fraction of sp³-hybridized carbons (Fsp3) is 0.842. The van der Waals surface area contributed by atoms with Crippen molar-refractivity contribution in [2.24, 2.45) is 0 Å². The number of hydrogen-bond acceptors (Lipinski definition) is 2. The zero-order chi connectivity index (χ0) is 16.3. The van der Waals surface area contributed by atoms with Gasteiger partial charge in [0.2, 0.25) is 0 Å². The minimum absolute atomic E-state index is 0.0490. The largest absolute Gasteiger partial charge is 0.455 e. The maximum atomic E-state index is 11.1. The van der Waals surface area contributed by atoms with Gasteiger partial charge >= 0.3 is 5.97 Å². The quantitative estimate of drug-likeness (QED) is 0.0884. The first-order chi connectivity index (χ1) is 10.8. The summed E-state index contributed by atoms with van der Waals surface area (Å²) in [6, 6.07) is 0. The Morgan fingerprint density at radius 2 is 1.32 bits per heavy atom. The molecule has 22 heavy (non-hydrogen) atoms. The average Bonchev–Trinajstić information content (AvgIpc) is 2.51. The van der Waals surface area contributed by atoms with Gasteiger partial charge in [0.25, 0.3) is 0 Å². The molecule has 130 valence electrons. The highest BCUT2D eigenvalue weighted by molar-refractivity contribution is 14.1. The Morgan fingerprint density at radius 1 is 0.818 bits per heavy atom. The van der Waals surface area contributed by atoms with Crippen LogP contribution in [0.5, 0.6) is 0 Å². The number of ether oxygens (including phenoxy) is 1. The molecule has 0 amide bonds. The number of esters is 1. The summed E-state index contributed by atoms with van der Waals surface area (Å²) in [7, 11) is 0. The van der Waals surface area contributed by atoms with E-state index >= 15 is 0 Å². The lowest BCUT2D eigenvalue weighted by Gasteiger charge is -2.01. The van der Waals surface area contributed by atoms with Crippen LogP contribution in [0, 0.1) is 0 Å². The van der Waals surface area contributed by atoms with E-state index in [-0.39, 0.29) is 5.97 Å². The molecule has 0 bridgehead atoms. The molecule has 0 heterocycles. The molecule has 0 N–H and O–H groups in total. The van der Waals surface area contributed by atoms with Gasteiger partial charge in [0.1, 0.15) is 4.61 Å². The van der Waals surface area contributed by atoms with Crippen molar-refractivity contribution < 1.29 is 9.53 Å². The molecule has 2 nitrogen and oxygen atoms in total. The maximum absolute atomic E-state index is 11.1. The molecule has 3 heteroatoms. The lowest BCUT2D eigenvalue weighted by molar-refractivity contribution is -0.141. The molecular formula is C19H35IO2. The van der Waals surface area contributed by atoms with E-state index in [1.54, 1.807) is 0 Å². The second-order valence-corrected chi connectivity index (χ2v) is 6.58. The number of rotatable bonds is 16. The smallest absolute Gasteiger partial charge is 0.306 e. The van der Waals surface area contributed by atoms with Crippen molar-refractivity contribution in [1.29, 1.82) is 0 Å². The van der Waals surface area contributed by atoms with Crippen LogP contribution in [0.1, 0.15) is 96.8 Å². The lowest BCUT2D eigenvalue weighted by Crippen LogP contribution is -2.01. The van der Waals surface area contributed by atoms with Gasteiger partial charge in [-0.15, -0.1) is 0 Å². The molecule has 0 aliphatic rings. The van der Waals surface area contributed by atoms with Crippen LogP contribution in [0.4, 0.5) is 0 Å². The minimum Gasteiger partial charge on any atom is -0.455 e. The second-order valence-electron chi connectivity index (χ2n) is 5.96. The van der Waals surface area contributed by atoms with Gasteiger partial charge in [-0.2, -0.15) is 0 Å². The molecule has 0 aliphatic carbocycles. The monoisotopic (exact) mass is 422 g/mol. The molecule has 0 radical (unpaired) electrons. The van der Waals surface area contributed by atoms with Crippen molar-refractivity contribution in [3.05, 3.63) is 12.2 Å². The van der Waals surface area contributed by atoms with Crippen LogP contribution in [0.2, 0.25) is 0 Å². The van der Waals surface area contributed by atoms with Crippen LogP contribution in [0.15, 0.2) is 12.2 Å². The fourth-order valence-corrected chi connectivity index (χ4v) is 2.82. The first kappa shape index (κ1) is 21.9. The van der Waals surface area contributed by atoms with E-state index in [0.717, 1.165) is 12.8 Å². The summed E-state index contributed by atoms with van der Waals surface area (Å²) < 4.78 is 5.37. The highest BCUT2D eigenvalue weighted by Crippen LogP contribution is 2.10. The normalized spacial score (nSPS) is 11.2. The Morgan fingerprint density at radius 3 is 1.86 bits per heavy atom. The number of carbonyl (C=O) groups excluding carboxylic acids is 1. The van der Waals surface area contributed by atoms with E-state index in [1.165, 1.54) is 70.6 Å². The van der Waals surface area contributed by atoms with Crippen molar-refractivity contribution in [2.75, 3.05) is 4.61 Å². The number of allylic oxidation sites excluding steroid dienone is 2. The predicted molar refractivity (Wildman–Crippen MR) is 104 cm³/mol. The molecule has 0 aromatic rings. The zero-order valence-electron chi connectivity index (χ0n) is 14.5. The zero-order valence-corrected chi connectivity index (χ0v) is 16.6. The van der Waals surface area contributed by atoms with E-state index in [9.17, 15) is 4.79 Å². The van der Waals surface area contributed by atoms with E-state index in [2.05, 4.69) is 41.7 Å². The van der Waals surface area contributed by atoms with E-state index in [0.29, 0.717) is 11.0 Å². The maximum Gasteiger partial charge on any atom is 0.306 e. The number of unbranched alkanes of at least 4 members (excludes halogenated alkanes) is 11. The first-order valence-corrected chi connectivity index (χ1v) is 10.7. The molecule has 0 saturated heterocycles. The van der Waals surface area contributed by atoms with E-state index in [4.69, 9.17) is 4.74 Å². The van der Waals surface area contributed by atoms with Crippen LogP contribution in [-0.4, -0.2) is 10.6 Å². The van der Waals surface area contributed by atoms with Crippen LogP contribution in [0.25, 0.3) is 0 Å². The summed E-state index contributed by atoms with van der Waals surface area (Å²) >= 11 is 2.06. The van der Waals surface area contributed by atoms with Gasteiger partial charge in [-0.3, -0.25) is 4.79 Å². The average molecular weight is 422 g/mol. The Labute approximate surface area is 151 Å². The van der Waals surface area contributed by atoms with Gasteiger partial charge in [0.05, 0.1) is 0 Å². The number of hydrogen-bond donors (Lipinski definition) is 0. The number of alkyl halides is 1. The van der Waals surface area contributed by atoms with Gasteiger partial charge in [0, 0.05) is 6.42 Å². The Bertz CT molecular complexity index is 264. The van der Waals surface area contributed by atoms with Crippen molar-refractivity contribution >= 4 is 28.6 Å². The van der Waals surface area contributed by atoms with Gasteiger partial charge < -0.3 is 4.74 Å². The van der Waals surface area contributed by atoms with Crippen molar-refractivity contribution in [3.8, 4) is 0 Å². The highest BCUT2D eigenvalue weighted by atomic mass is 127. The van der Waals surface area contributed by atoms with Crippen LogP contribution in [-0.2, 0) is 9.53 Å². The van der Waals surface area contributed by atoms with Crippen molar-refractivity contribution in [2.45, 2.75) is 96.8 Å². The summed E-state index contributed by atoms with van der Waals surface area (Å²) in [6.07, 6.45) is 22.0. The SMILES string of the molecule is CCCCCCCC/C=C/CCCCCCCC(=O)OCI. The van der Waals surface area contributed by atoms with Crippen molar-refractivity contribution in [3.63, 3.8) is 0 Å². The van der Waals surface area contributed by atoms with Crippen LogP contribution < -0.4 is 0 Å². The van der Waals surface area contributed by atoms with Gasteiger partial charge in [-0.25, -0.2) is 0 Å². The van der Waals surface area contributed by atoms with Gasteiger partial charge in [0.15, 0.2) is 0 Å². The van der Waals surface area contributed by atoms with Gasteiger partial charge in [-0.1, -0.05) is 70.4 Å². The fourth-order valence-electron chi connectivity index (χ4n) is 2.47. The summed E-state index contributed by atoms with van der Waals surface area (Å²) in [5.74, 6) is -0.0490. The van der Waals surface area contributed by atoms with E-state index < -0.39 is 0 Å². The summed E-state index contributed by atoms with van der Waals surface area (Å²) in [5.41, 5.74) is 0. The lowest BCUT2D eigenvalue weighted by atomic mass is 10.1. The Kier molecular flexibility index (Phi) is 18.9. The Balaban J connectivity index is 3.12. The van der Waals surface area contributed by atoms with Crippen LogP contribution in [0.3, 0.4) is 0 Å². The topological polar surface area (TPSA) is 26.3 Å². The summed E-state index contributed by atoms with van der Waals surface area (Å²) in [6.45, 7) is 2.27. The standard InChI is InChI=1S/C19H35IO2/c1-2-3-4-5-6-7-8-9-10-11-12-13-14-15-16-17-19(21)22-18-20/h9-10H,2-8,11-18H2,1H3/b10-9+. The molecule has 0 spiro atoms. The molecule has 0 fully saturated rings. The molecule has 0 aliphatic heterocycles. The number of carbonyl (C=O) groups is 1. The minimum atomic E-state index is -0.0490. The summed E-state index contributed by atoms with van der Waals surface area (Å²) in [5, 5.41) is 0. The molecule has 0 aromatic carbocycles. The van der Waals surface area contributed by atoms with E-state index in [1.807, 2.05) is 0 Å². The third-order valence-corrected chi connectivity index (χ3v) is 4.17. The number of halogens is 1. The second kappa shape index (κ2) is 19.0. The molecule has 0 unspecified atom stereocenters. The third kappa shape index (κ3) is 18.0. The first-order valence-electron chi connectivity index (χ1n) is 9.17. The molecule has 0 atom stereocenters. The third-order valence-electron chi connectivity index (χ3n) is 3.86.